The fraction of sp³-hybridized carbons (Fsp3) is 0.200. The third-order valence-corrected chi connectivity index (χ3v) is 2.86. The number of halogens is 1. The van der Waals surface area contributed by atoms with Gasteiger partial charge in [0.1, 0.15) is 11.6 Å². The maximum absolute atomic E-state index is 13.9. The minimum Gasteiger partial charge on any atom is -0.496 e. The minimum atomic E-state index is -0.216. The highest BCUT2D eigenvalue weighted by Gasteiger charge is 2.13. The average Bonchev–Trinajstić information content (AvgIpc) is 2.38. The maximum atomic E-state index is 13.9. The molecule has 0 spiro atoms. The summed E-state index contributed by atoms with van der Waals surface area (Å²) in [7, 11) is 1.61. The van der Waals surface area contributed by atoms with Crippen LogP contribution in [0.15, 0.2) is 42.5 Å². The lowest BCUT2D eigenvalue weighted by atomic mass is 9.96. The molecule has 2 aromatic carbocycles. The third kappa shape index (κ3) is 2.16. The van der Waals surface area contributed by atoms with Crippen LogP contribution >= 0.6 is 0 Å². The largest absolute Gasteiger partial charge is 0.496 e. The molecule has 0 aromatic heterocycles. The topological polar surface area (TPSA) is 9.23 Å². The third-order valence-electron chi connectivity index (χ3n) is 2.86. The van der Waals surface area contributed by atoms with Crippen molar-refractivity contribution in [2.75, 3.05) is 7.11 Å². The highest BCUT2D eigenvalue weighted by atomic mass is 19.1. The standard InChI is InChI=1S/C15H15FO/c1-3-11-7-6-10-14(17-2)15(11)12-8-4-5-9-13(12)16/h4-10H,3H2,1-2H3. The van der Waals surface area contributed by atoms with Gasteiger partial charge in [0.15, 0.2) is 0 Å². The summed E-state index contributed by atoms with van der Waals surface area (Å²) in [5, 5.41) is 0. The predicted molar refractivity (Wildman–Crippen MR) is 67.8 cm³/mol. The lowest BCUT2D eigenvalue weighted by Gasteiger charge is -2.13. The molecule has 0 atom stereocenters. The molecule has 0 aliphatic heterocycles. The molecular formula is C15H15FO. The number of ether oxygens (including phenoxy) is 1. The summed E-state index contributed by atoms with van der Waals surface area (Å²) in [6, 6.07) is 12.6. The van der Waals surface area contributed by atoms with Crippen LogP contribution in [0.5, 0.6) is 5.75 Å². The summed E-state index contributed by atoms with van der Waals surface area (Å²) in [6.07, 6.45) is 0.848. The monoisotopic (exact) mass is 230 g/mol. The van der Waals surface area contributed by atoms with E-state index in [0.717, 1.165) is 23.3 Å². The molecule has 0 N–H and O–H groups in total. The molecule has 0 unspecified atom stereocenters. The zero-order valence-electron chi connectivity index (χ0n) is 10.0. The predicted octanol–water partition coefficient (Wildman–Crippen LogP) is 4.06. The molecular weight excluding hydrogens is 215 g/mol. The van der Waals surface area contributed by atoms with Gasteiger partial charge < -0.3 is 4.74 Å². The first-order valence-electron chi connectivity index (χ1n) is 5.68. The number of hydrogen-bond acceptors (Lipinski definition) is 1. The van der Waals surface area contributed by atoms with E-state index in [1.807, 2.05) is 24.3 Å². The van der Waals surface area contributed by atoms with Crippen LogP contribution in [0, 0.1) is 5.82 Å². The van der Waals surface area contributed by atoms with E-state index in [4.69, 9.17) is 4.74 Å². The Morgan fingerprint density at radius 2 is 1.82 bits per heavy atom. The minimum absolute atomic E-state index is 0.216. The van der Waals surface area contributed by atoms with E-state index in [-0.39, 0.29) is 5.82 Å². The van der Waals surface area contributed by atoms with Crippen LogP contribution < -0.4 is 4.74 Å². The second kappa shape index (κ2) is 5.00. The molecule has 2 rings (SSSR count). The van der Waals surface area contributed by atoms with Gasteiger partial charge >= 0.3 is 0 Å². The van der Waals surface area contributed by atoms with Crippen molar-refractivity contribution in [3.63, 3.8) is 0 Å². The Morgan fingerprint density at radius 1 is 1.06 bits per heavy atom. The van der Waals surface area contributed by atoms with E-state index in [0.29, 0.717) is 5.56 Å². The van der Waals surface area contributed by atoms with Crippen LogP contribution in [0.3, 0.4) is 0 Å². The van der Waals surface area contributed by atoms with Crippen LogP contribution in [0.2, 0.25) is 0 Å². The van der Waals surface area contributed by atoms with Gasteiger partial charge in [-0.25, -0.2) is 4.39 Å². The zero-order valence-corrected chi connectivity index (χ0v) is 10.0. The fourth-order valence-electron chi connectivity index (χ4n) is 2.01. The van der Waals surface area contributed by atoms with Crippen molar-refractivity contribution < 1.29 is 9.13 Å². The number of hydrogen-bond donors (Lipinski definition) is 0. The average molecular weight is 230 g/mol. The highest BCUT2D eigenvalue weighted by molar-refractivity contribution is 5.74. The molecule has 0 radical (unpaired) electrons. The van der Waals surface area contributed by atoms with Gasteiger partial charge in [-0.15, -0.1) is 0 Å². The fourth-order valence-corrected chi connectivity index (χ4v) is 2.01. The van der Waals surface area contributed by atoms with Gasteiger partial charge in [0, 0.05) is 11.1 Å². The van der Waals surface area contributed by atoms with Gasteiger partial charge in [0.2, 0.25) is 0 Å². The number of methoxy groups -OCH3 is 1. The van der Waals surface area contributed by atoms with Gasteiger partial charge in [-0.05, 0) is 24.1 Å². The lowest BCUT2D eigenvalue weighted by molar-refractivity contribution is 0.415. The normalized spacial score (nSPS) is 10.3. The van der Waals surface area contributed by atoms with Gasteiger partial charge in [0.05, 0.1) is 7.11 Å². The van der Waals surface area contributed by atoms with Gasteiger partial charge in [-0.1, -0.05) is 37.3 Å². The summed E-state index contributed by atoms with van der Waals surface area (Å²) in [4.78, 5) is 0. The Morgan fingerprint density at radius 3 is 2.47 bits per heavy atom. The van der Waals surface area contributed by atoms with Crippen LogP contribution in [-0.2, 0) is 6.42 Å². The van der Waals surface area contributed by atoms with Crippen molar-refractivity contribution in [1.82, 2.24) is 0 Å². The first-order valence-corrected chi connectivity index (χ1v) is 5.68. The van der Waals surface area contributed by atoms with Crippen molar-refractivity contribution in [3.8, 4) is 16.9 Å². The molecule has 2 aromatic rings. The summed E-state index contributed by atoms with van der Waals surface area (Å²) >= 11 is 0. The van der Waals surface area contributed by atoms with Crippen molar-refractivity contribution in [1.29, 1.82) is 0 Å². The molecule has 0 bridgehead atoms. The molecule has 88 valence electrons. The van der Waals surface area contributed by atoms with Crippen LogP contribution in [0.1, 0.15) is 12.5 Å². The van der Waals surface area contributed by atoms with Gasteiger partial charge in [-0.3, -0.25) is 0 Å². The first-order chi connectivity index (χ1) is 8.27. The molecule has 2 heteroatoms. The highest BCUT2D eigenvalue weighted by Crippen LogP contribution is 2.35. The smallest absolute Gasteiger partial charge is 0.131 e. The second-order valence-electron chi connectivity index (χ2n) is 3.83. The van der Waals surface area contributed by atoms with Crippen molar-refractivity contribution in [2.45, 2.75) is 13.3 Å². The Balaban J connectivity index is 2.69. The van der Waals surface area contributed by atoms with E-state index >= 15 is 0 Å². The molecule has 0 fully saturated rings. The van der Waals surface area contributed by atoms with E-state index < -0.39 is 0 Å². The Kier molecular flexibility index (Phi) is 3.43. The summed E-state index contributed by atoms with van der Waals surface area (Å²) in [5.41, 5.74) is 2.55. The van der Waals surface area contributed by atoms with Crippen molar-refractivity contribution in [2.24, 2.45) is 0 Å². The first kappa shape index (κ1) is 11.6. The zero-order chi connectivity index (χ0) is 12.3. The Labute approximate surface area is 101 Å². The van der Waals surface area contributed by atoms with Gasteiger partial charge in [0.25, 0.3) is 0 Å². The number of rotatable bonds is 3. The lowest BCUT2D eigenvalue weighted by Crippen LogP contribution is -1.95. The second-order valence-corrected chi connectivity index (χ2v) is 3.83. The molecule has 1 nitrogen and oxygen atoms in total. The molecule has 0 aliphatic rings. The number of benzene rings is 2. The van der Waals surface area contributed by atoms with Crippen LogP contribution in [0.4, 0.5) is 4.39 Å². The van der Waals surface area contributed by atoms with Gasteiger partial charge in [-0.2, -0.15) is 0 Å². The molecule has 0 saturated heterocycles. The quantitative estimate of drug-likeness (QED) is 0.772. The maximum Gasteiger partial charge on any atom is 0.131 e. The van der Waals surface area contributed by atoms with E-state index in [1.54, 1.807) is 19.2 Å². The Hall–Kier alpha value is -1.83. The Bertz CT molecular complexity index is 498. The van der Waals surface area contributed by atoms with E-state index in [2.05, 4.69) is 6.92 Å². The molecule has 0 saturated carbocycles. The van der Waals surface area contributed by atoms with E-state index in [9.17, 15) is 4.39 Å². The van der Waals surface area contributed by atoms with E-state index in [1.165, 1.54) is 6.07 Å². The molecule has 0 heterocycles. The van der Waals surface area contributed by atoms with Crippen molar-refractivity contribution in [3.05, 3.63) is 53.8 Å². The molecule has 0 amide bonds. The van der Waals surface area contributed by atoms with Crippen LogP contribution in [0.25, 0.3) is 11.1 Å². The summed E-state index contributed by atoms with van der Waals surface area (Å²) in [5.74, 6) is 0.501. The molecule has 0 aliphatic carbocycles. The van der Waals surface area contributed by atoms with Crippen molar-refractivity contribution >= 4 is 0 Å². The van der Waals surface area contributed by atoms with Crippen LogP contribution in [-0.4, -0.2) is 7.11 Å². The summed E-state index contributed by atoms with van der Waals surface area (Å²) < 4.78 is 19.2. The molecule has 17 heavy (non-hydrogen) atoms. The summed E-state index contributed by atoms with van der Waals surface area (Å²) in [6.45, 7) is 2.05. The SMILES string of the molecule is CCc1cccc(OC)c1-c1ccccc1F. The number of aryl methyl sites for hydroxylation is 1.